The van der Waals surface area contributed by atoms with Gasteiger partial charge in [0.2, 0.25) is 0 Å². The fourth-order valence-corrected chi connectivity index (χ4v) is 5.37. The molecule has 2 nitrogen and oxygen atoms in total. The summed E-state index contributed by atoms with van der Waals surface area (Å²) < 4.78 is 0. The van der Waals surface area contributed by atoms with Crippen LogP contribution in [0.15, 0.2) is 59.8 Å². The lowest BCUT2D eigenvalue weighted by molar-refractivity contribution is 1.01. The second-order valence-electron chi connectivity index (χ2n) is 6.34. The van der Waals surface area contributed by atoms with E-state index in [0.29, 0.717) is 5.15 Å². The largest absolute Gasteiger partial charge is 0.211 e. The molecule has 0 saturated carbocycles. The molecule has 0 atom stereocenters. The number of fused-ring (bicyclic) bond motifs is 1. The Labute approximate surface area is 172 Å². The van der Waals surface area contributed by atoms with Gasteiger partial charge in [0.05, 0.1) is 5.39 Å². The Balaban J connectivity index is 1.69. The second kappa shape index (κ2) is 8.01. The number of hydrogen-bond donors (Lipinski definition) is 0. The number of thioether (sulfide) groups is 1. The van der Waals surface area contributed by atoms with E-state index in [0.717, 1.165) is 33.1 Å². The van der Waals surface area contributed by atoms with Crippen LogP contribution in [0.5, 0.6) is 0 Å². The Kier molecular flexibility index (Phi) is 5.48. The molecule has 2 aromatic carbocycles. The Morgan fingerprint density at radius 1 is 0.963 bits per heavy atom. The fraction of sp³-hybridized carbons (Fsp3) is 0.182. The lowest BCUT2D eigenvalue weighted by atomic mass is 10.0. The zero-order valence-electron chi connectivity index (χ0n) is 15.2. The highest BCUT2D eigenvalue weighted by molar-refractivity contribution is 7.98. The summed E-state index contributed by atoms with van der Waals surface area (Å²) in [7, 11) is 0. The van der Waals surface area contributed by atoms with E-state index in [-0.39, 0.29) is 0 Å². The SMILES string of the molecule is CCc1ccc(-c2c(C)sc3nc(SCc4ccccc4)nc(Cl)c23)cc1. The van der Waals surface area contributed by atoms with Crippen molar-refractivity contribution < 1.29 is 0 Å². The number of hydrogen-bond acceptors (Lipinski definition) is 4. The normalized spacial score (nSPS) is 11.2. The molecule has 0 saturated heterocycles. The van der Waals surface area contributed by atoms with Crippen molar-refractivity contribution in [2.45, 2.75) is 31.2 Å². The van der Waals surface area contributed by atoms with Crippen LogP contribution in [-0.4, -0.2) is 9.97 Å². The molecule has 0 spiro atoms. The van der Waals surface area contributed by atoms with Crippen LogP contribution in [0.4, 0.5) is 0 Å². The average molecular weight is 411 g/mol. The minimum atomic E-state index is 0.537. The maximum absolute atomic E-state index is 6.61. The Bertz CT molecular complexity index is 1070. The Morgan fingerprint density at radius 2 is 1.70 bits per heavy atom. The molecule has 2 aromatic heterocycles. The molecule has 0 unspecified atom stereocenters. The smallest absolute Gasteiger partial charge is 0.190 e. The number of aryl methyl sites for hydroxylation is 2. The maximum atomic E-state index is 6.61. The summed E-state index contributed by atoms with van der Waals surface area (Å²) in [5.41, 5.74) is 4.91. The Hall–Kier alpha value is -1.88. The van der Waals surface area contributed by atoms with E-state index in [1.807, 2.05) is 18.2 Å². The van der Waals surface area contributed by atoms with Gasteiger partial charge in [0.15, 0.2) is 5.16 Å². The van der Waals surface area contributed by atoms with Crippen molar-refractivity contribution >= 4 is 44.9 Å². The molecule has 0 N–H and O–H groups in total. The molecular weight excluding hydrogens is 392 g/mol. The minimum Gasteiger partial charge on any atom is -0.211 e. The maximum Gasteiger partial charge on any atom is 0.190 e. The molecule has 0 aliphatic heterocycles. The summed E-state index contributed by atoms with van der Waals surface area (Å²) in [5, 5.41) is 2.23. The predicted octanol–water partition coefficient (Wildman–Crippen LogP) is 7.17. The molecule has 0 aliphatic rings. The number of thiophene rings is 1. The molecule has 5 heteroatoms. The number of rotatable bonds is 5. The summed E-state index contributed by atoms with van der Waals surface area (Å²) in [6.45, 7) is 4.29. The van der Waals surface area contributed by atoms with Gasteiger partial charge in [-0.25, -0.2) is 9.97 Å². The molecule has 0 aliphatic carbocycles. The van der Waals surface area contributed by atoms with Gasteiger partial charge in [0.1, 0.15) is 9.98 Å². The quantitative estimate of drug-likeness (QED) is 0.198. The number of aromatic nitrogens is 2. The lowest BCUT2D eigenvalue weighted by Crippen LogP contribution is -1.90. The van der Waals surface area contributed by atoms with Gasteiger partial charge in [-0.15, -0.1) is 11.3 Å². The zero-order valence-corrected chi connectivity index (χ0v) is 17.6. The van der Waals surface area contributed by atoms with E-state index in [4.69, 9.17) is 16.6 Å². The highest BCUT2D eigenvalue weighted by Crippen LogP contribution is 2.41. The second-order valence-corrected chi connectivity index (χ2v) is 8.84. The first kappa shape index (κ1) is 18.5. The van der Waals surface area contributed by atoms with E-state index in [2.05, 4.69) is 55.2 Å². The van der Waals surface area contributed by atoms with Crippen molar-refractivity contribution in [3.05, 3.63) is 75.8 Å². The van der Waals surface area contributed by atoms with Crippen molar-refractivity contribution in [3.63, 3.8) is 0 Å². The van der Waals surface area contributed by atoms with Crippen molar-refractivity contribution in [3.8, 4) is 11.1 Å². The number of nitrogens with zero attached hydrogens (tertiary/aromatic N) is 2. The zero-order chi connectivity index (χ0) is 18.8. The molecule has 0 bridgehead atoms. The van der Waals surface area contributed by atoms with Crippen LogP contribution in [0.25, 0.3) is 21.3 Å². The van der Waals surface area contributed by atoms with E-state index in [9.17, 15) is 0 Å². The van der Waals surface area contributed by atoms with E-state index in [1.165, 1.54) is 21.6 Å². The highest BCUT2D eigenvalue weighted by Gasteiger charge is 2.17. The standard InChI is InChI=1S/C22H19ClN2S2/c1-3-15-9-11-17(12-10-15)18-14(2)27-21-19(18)20(23)24-22(25-21)26-13-16-7-5-4-6-8-16/h4-12H,3,13H2,1-2H3. The topological polar surface area (TPSA) is 25.8 Å². The molecule has 4 rings (SSSR count). The van der Waals surface area contributed by atoms with Crippen LogP contribution < -0.4 is 0 Å². The number of benzene rings is 2. The van der Waals surface area contributed by atoms with E-state index < -0.39 is 0 Å². The van der Waals surface area contributed by atoms with Crippen LogP contribution in [0.2, 0.25) is 5.15 Å². The molecule has 27 heavy (non-hydrogen) atoms. The highest BCUT2D eigenvalue weighted by atomic mass is 35.5. The van der Waals surface area contributed by atoms with Gasteiger partial charge in [-0.3, -0.25) is 0 Å². The van der Waals surface area contributed by atoms with Crippen LogP contribution >= 0.6 is 34.7 Å². The van der Waals surface area contributed by atoms with Crippen LogP contribution in [0.1, 0.15) is 22.9 Å². The summed E-state index contributed by atoms with van der Waals surface area (Å²) in [4.78, 5) is 11.5. The summed E-state index contributed by atoms with van der Waals surface area (Å²) in [6, 6.07) is 19.0. The first-order chi connectivity index (χ1) is 13.2. The van der Waals surface area contributed by atoms with Gasteiger partial charge in [0, 0.05) is 16.2 Å². The average Bonchev–Trinajstić information content (AvgIpc) is 3.03. The van der Waals surface area contributed by atoms with Gasteiger partial charge < -0.3 is 0 Å². The summed E-state index contributed by atoms with van der Waals surface area (Å²) in [5.74, 6) is 0.832. The lowest BCUT2D eigenvalue weighted by Gasteiger charge is -2.06. The van der Waals surface area contributed by atoms with Gasteiger partial charge in [-0.2, -0.15) is 0 Å². The third-order valence-corrected chi connectivity index (χ3v) is 6.72. The van der Waals surface area contributed by atoms with Crippen molar-refractivity contribution in [2.75, 3.05) is 0 Å². The van der Waals surface area contributed by atoms with Gasteiger partial charge >= 0.3 is 0 Å². The van der Waals surface area contributed by atoms with Gasteiger partial charge in [-0.05, 0) is 30.0 Å². The summed E-state index contributed by atoms with van der Waals surface area (Å²) in [6.07, 6.45) is 1.04. The Morgan fingerprint density at radius 3 is 2.41 bits per heavy atom. The molecule has 0 fully saturated rings. The fourth-order valence-electron chi connectivity index (χ4n) is 3.09. The monoisotopic (exact) mass is 410 g/mol. The van der Waals surface area contributed by atoms with Crippen LogP contribution in [0.3, 0.4) is 0 Å². The first-order valence-corrected chi connectivity index (χ1v) is 11.1. The van der Waals surface area contributed by atoms with Crippen molar-refractivity contribution in [1.82, 2.24) is 9.97 Å². The minimum absolute atomic E-state index is 0.537. The van der Waals surface area contributed by atoms with Crippen molar-refractivity contribution in [2.24, 2.45) is 0 Å². The molecule has 2 heterocycles. The third-order valence-electron chi connectivity index (χ3n) is 4.52. The summed E-state index contributed by atoms with van der Waals surface area (Å²) >= 11 is 9.92. The van der Waals surface area contributed by atoms with E-state index >= 15 is 0 Å². The molecular formula is C22H19ClN2S2. The molecule has 0 amide bonds. The predicted molar refractivity (Wildman–Crippen MR) is 118 cm³/mol. The van der Waals surface area contributed by atoms with Crippen molar-refractivity contribution in [1.29, 1.82) is 0 Å². The molecule has 0 radical (unpaired) electrons. The number of halogens is 1. The van der Waals surface area contributed by atoms with Crippen LogP contribution in [0, 0.1) is 6.92 Å². The van der Waals surface area contributed by atoms with Gasteiger partial charge in [-0.1, -0.05) is 84.9 Å². The molecule has 136 valence electrons. The first-order valence-electron chi connectivity index (χ1n) is 8.88. The van der Waals surface area contributed by atoms with Gasteiger partial charge in [0.25, 0.3) is 0 Å². The third kappa shape index (κ3) is 3.88. The molecule has 4 aromatic rings. The van der Waals surface area contributed by atoms with E-state index in [1.54, 1.807) is 23.1 Å². The van der Waals surface area contributed by atoms with Crippen LogP contribution in [-0.2, 0) is 12.2 Å².